The second kappa shape index (κ2) is 5.81. The van der Waals surface area contributed by atoms with E-state index in [1.54, 1.807) is 13.0 Å². The van der Waals surface area contributed by atoms with Gasteiger partial charge in [-0.3, -0.25) is 10.1 Å². The summed E-state index contributed by atoms with van der Waals surface area (Å²) in [5, 5.41) is 20.1. The molecule has 0 saturated carbocycles. The Hall–Kier alpha value is -1.14. The van der Waals surface area contributed by atoms with Crippen molar-refractivity contribution in [3.8, 4) is 0 Å². The molecule has 6 heteroatoms. The highest BCUT2D eigenvalue weighted by Crippen LogP contribution is 2.31. The summed E-state index contributed by atoms with van der Waals surface area (Å²) in [7, 11) is 0. The molecule has 0 aromatic carbocycles. The van der Waals surface area contributed by atoms with Crippen LogP contribution >= 0.6 is 11.8 Å². The molecule has 0 aliphatic heterocycles. The number of nitro groups is 1. The summed E-state index contributed by atoms with van der Waals surface area (Å²) < 4.78 is 0. The van der Waals surface area contributed by atoms with Gasteiger partial charge in [0.25, 0.3) is 0 Å². The number of pyridine rings is 1. The molecular weight excluding hydrogens is 228 g/mol. The molecule has 0 fully saturated rings. The molecule has 0 radical (unpaired) electrons. The lowest BCUT2D eigenvalue weighted by Gasteiger charge is -2.09. The van der Waals surface area contributed by atoms with Gasteiger partial charge in [-0.1, -0.05) is 18.7 Å². The third-order valence-electron chi connectivity index (χ3n) is 2.02. The molecule has 1 rings (SSSR count). The van der Waals surface area contributed by atoms with Crippen LogP contribution in [0.1, 0.15) is 19.0 Å². The van der Waals surface area contributed by atoms with Crippen molar-refractivity contribution in [1.29, 1.82) is 0 Å². The first-order chi connectivity index (χ1) is 7.54. The Morgan fingerprint density at radius 2 is 2.31 bits per heavy atom. The summed E-state index contributed by atoms with van der Waals surface area (Å²) in [5.74, 6) is 0. The van der Waals surface area contributed by atoms with Crippen LogP contribution in [0.3, 0.4) is 0 Å². The van der Waals surface area contributed by atoms with Crippen molar-refractivity contribution < 1.29 is 10.0 Å². The van der Waals surface area contributed by atoms with Crippen LogP contribution in [0, 0.1) is 17.0 Å². The summed E-state index contributed by atoms with van der Waals surface area (Å²) in [6.07, 6.45) is 0.595. The highest BCUT2D eigenvalue weighted by atomic mass is 32.2. The van der Waals surface area contributed by atoms with Crippen LogP contribution in [0.15, 0.2) is 17.2 Å². The smallest absolute Gasteiger partial charge is 0.301 e. The second-order valence-corrected chi connectivity index (χ2v) is 4.90. The molecule has 0 aliphatic rings. The summed E-state index contributed by atoms with van der Waals surface area (Å²) >= 11 is 1.32. The van der Waals surface area contributed by atoms with Gasteiger partial charge in [0.1, 0.15) is 0 Å². The van der Waals surface area contributed by atoms with Crippen molar-refractivity contribution in [2.24, 2.45) is 0 Å². The lowest BCUT2D eigenvalue weighted by molar-refractivity contribution is -0.388. The highest BCUT2D eigenvalue weighted by Gasteiger charge is 2.18. The van der Waals surface area contributed by atoms with E-state index in [1.807, 2.05) is 6.92 Å². The third-order valence-corrected chi connectivity index (χ3v) is 3.19. The molecule has 1 aromatic rings. The van der Waals surface area contributed by atoms with Gasteiger partial charge in [-0.2, -0.15) is 0 Å². The van der Waals surface area contributed by atoms with Gasteiger partial charge in [-0.25, -0.2) is 4.98 Å². The highest BCUT2D eigenvalue weighted by molar-refractivity contribution is 8.00. The van der Waals surface area contributed by atoms with Crippen LogP contribution in [-0.4, -0.2) is 26.9 Å². The molecule has 1 heterocycles. The Labute approximate surface area is 98.0 Å². The fraction of sp³-hybridized carbons (Fsp3) is 0.500. The number of aryl methyl sites for hydroxylation is 1. The average molecular weight is 242 g/mol. The molecule has 1 atom stereocenters. The predicted molar refractivity (Wildman–Crippen MR) is 62.7 cm³/mol. The van der Waals surface area contributed by atoms with E-state index in [2.05, 4.69) is 4.98 Å². The van der Waals surface area contributed by atoms with Gasteiger partial charge in [-0.05, 0) is 19.4 Å². The lowest BCUT2D eigenvalue weighted by Crippen LogP contribution is -2.02. The van der Waals surface area contributed by atoms with Gasteiger partial charge < -0.3 is 5.11 Å². The SMILES string of the molecule is Cc1ccc([N+](=O)[O-])c(SC(C)CCO)n1. The first-order valence-corrected chi connectivity index (χ1v) is 5.82. The maximum absolute atomic E-state index is 10.8. The zero-order valence-corrected chi connectivity index (χ0v) is 10.0. The number of aliphatic hydroxyl groups is 1. The molecule has 88 valence electrons. The van der Waals surface area contributed by atoms with Crippen LogP contribution in [0.4, 0.5) is 5.69 Å². The molecule has 1 unspecified atom stereocenters. The first-order valence-electron chi connectivity index (χ1n) is 4.94. The minimum atomic E-state index is -0.430. The van der Waals surface area contributed by atoms with Crippen molar-refractivity contribution in [2.45, 2.75) is 30.5 Å². The maximum Gasteiger partial charge on any atom is 0.301 e. The van der Waals surface area contributed by atoms with Crippen LogP contribution in [-0.2, 0) is 0 Å². The average Bonchev–Trinajstić information content (AvgIpc) is 2.17. The van der Waals surface area contributed by atoms with E-state index in [0.29, 0.717) is 11.4 Å². The molecule has 0 bridgehead atoms. The minimum Gasteiger partial charge on any atom is -0.396 e. The molecular formula is C10H14N2O3S. The van der Waals surface area contributed by atoms with Crippen LogP contribution in [0.2, 0.25) is 0 Å². The quantitative estimate of drug-likeness (QED) is 0.486. The Balaban J connectivity index is 2.92. The zero-order chi connectivity index (χ0) is 12.1. The Kier molecular flexibility index (Phi) is 4.70. The fourth-order valence-corrected chi connectivity index (χ4v) is 2.25. The monoisotopic (exact) mass is 242 g/mol. The maximum atomic E-state index is 10.8. The standard InChI is InChI=1S/C10H14N2O3S/c1-7-3-4-9(12(14)15)10(11-7)16-8(2)5-6-13/h3-4,8,13H,5-6H2,1-2H3. The number of aliphatic hydroxyl groups excluding tert-OH is 1. The van der Waals surface area contributed by atoms with E-state index in [9.17, 15) is 10.1 Å². The number of hydrogen-bond donors (Lipinski definition) is 1. The number of aromatic nitrogens is 1. The number of nitrogens with zero attached hydrogens (tertiary/aromatic N) is 2. The molecule has 1 N–H and O–H groups in total. The molecule has 5 nitrogen and oxygen atoms in total. The van der Waals surface area contributed by atoms with Crippen LogP contribution in [0.25, 0.3) is 0 Å². The van der Waals surface area contributed by atoms with Gasteiger partial charge >= 0.3 is 5.69 Å². The predicted octanol–water partition coefficient (Wildman–Crippen LogP) is 2.16. The number of rotatable bonds is 5. The summed E-state index contributed by atoms with van der Waals surface area (Å²) in [4.78, 5) is 14.5. The van der Waals surface area contributed by atoms with E-state index in [4.69, 9.17) is 5.11 Å². The van der Waals surface area contributed by atoms with Crippen LogP contribution in [0.5, 0.6) is 0 Å². The summed E-state index contributed by atoms with van der Waals surface area (Å²) in [5.41, 5.74) is 0.782. The molecule has 16 heavy (non-hydrogen) atoms. The van der Waals surface area contributed by atoms with E-state index in [1.165, 1.54) is 17.8 Å². The van der Waals surface area contributed by atoms with Crippen molar-refractivity contribution >= 4 is 17.4 Å². The molecule has 0 amide bonds. The Morgan fingerprint density at radius 3 is 2.88 bits per heavy atom. The molecule has 0 saturated heterocycles. The van der Waals surface area contributed by atoms with Gasteiger partial charge in [0, 0.05) is 23.6 Å². The van der Waals surface area contributed by atoms with Gasteiger partial charge in [-0.15, -0.1) is 0 Å². The van der Waals surface area contributed by atoms with E-state index >= 15 is 0 Å². The largest absolute Gasteiger partial charge is 0.396 e. The molecule has 0 aliphatic carbocycles. The van der Waals surface area contributed by atoms with Gasteiger partial charge in [0.05, 0.1) is 4.92 Å². The van der Waals surface area contributed by atoms with Gasteiger partial charge in [0.2, 0.25) is 0 Å². The topological polar surface area (TPSA) is 76.3 Å². The van der Waals surface area contributed by atoms with E-state index in [0.717, 1.165) is 5.69 Å². The van der Waals surface area contributed by atoms with Crippen molar-refractivity contribution in [3.05, 3.63) is 27.9 Å². The third kappa shape index (κ3) is 3.46. The first kappa shape index (κ1) is 12.9. The second-order valence-electron chi connectivity index (χ2n) is 3.47. The molecule has 0 spiro atoms. The van der Waals surface area contributed by atoms with Crippen molar-refractivity contribution in [3.63, 3.8) is 0 Å². The summed E-state index contributed by atoms with van der Waals surface area (Å²) in [6, 6.07) is 3.09. The fourth-order valence-electron chi connectivity index (χ4n) is 1.18. The minimum absolute atomic E-state index is 0.0281. The lowest BCUT2D eigenvalue weighted by atomic mass is 10.3. The van der Waals surface area contributed by atoms with Crippen LogP contribution < -0.4 is 0 Å². The number of thioether (sulfide) groups is 1. The zero-order valence-electron chi connectivity index (χ0n) is 9.21. The Bertz CT molecular complexity index is 384. The molecule has 1 aromatic heterocycles. The normalized spacial score (nSPS) is 12.4. The Morgan fingerprint density at radius 1 is 1.62 bits per heavy atom. The van der Waals surface area contributed by atoms with Crippen molar-refractivity contribution in [1.82, 2.24) is 4.98 Å². The van der Waals surface area contributed by atoms with Gasteiger partial charge in [0.15, 0.2) is 5.03 Å². The summed E-state index contributed by atoms with van der Waals surface area (Å²) in [6.45, 7) is 3.78. The van der Waals surface area contributed by atoms with Crippen molar-refractivity contribution in [2.75, 3.05) is 6.61 Å². The number of hydrogen-bond acceptors (Lipinski definition) is 5. The van der Waals surface area contributed by atoms with E-state index in [-0.39, 0.29) is 17.5 Å². The van der Waals surface area contributed by atoms with E-state index < -0.39 is 4.92 Å².